The Morgan fingerprint density at radius 2 is 2.00 bits per heavy atom. The molecule has 8 heteroatoms. The topological polar surface area (TPSA) is 67.7 Å². The summed E-state index contributed by atoms with van der Waals surface area (Å²) in [6.07, 6.45) is 2.85. The zero-order valence-corrected chi connectivity index (χ0v) is 18.5. The van der Waals surface area contributed by atoms with Crippen molar-refractivity contribution < 1.29 is 4.39 Å². The number of nitrogens with zero attached hydrogens (tertiary/aromatic N) is 4. The molecule has 6 nitrogen and oxygen atoms in total. The smallest absolute Gasteiger partial charge is 0.225 e. The molecule has 1 saturated heterocycles. The fourth-order valence-electron chi connectivity index (χ4n) is 4.17. The Balaban J connectivity index is 1.53. The molecule has 32 heavy (non-hydrogen) atoms. The number of rotatable bonds is 6. The van der Waals surface area contributed by atoms with Crippen molar-refractivity contribution in [3.8, 4) is 11.4 Å². The third-order valence-electron chi connectivity index (χ3n) is 5.92. The maximum absolute atomic E-state index is 13.3. The molecule has 164 valence electrons. The van der Waals surface area contributed by atoms with Gasteiger partial charge in [0.25, 0.3) is 0 Å². The Morgan fingerprint density at radius 1 is 1.19 bits per heavy atom. The van der Waals surface area contributed by atoms with E-state index in [4.69, 9.17) is 21.6 Å². The van der Waals surface area contributed by atoms with Crippen LogP contribution in [0.2, 0.25) is 5.02 Å². The van der Waals surface area contributed by atoms with E-state index < -0.39 is 0 Å². The molecule has 0 spiro atoms. The zero-order chi connectivity index (χ0) is 22.1. The number of imidazole rings is 1. The van der Waals surface area contributed by atoms with E-state index in [0.717, 1.165) is 54.2 Å². The third-order valence-corrected chi connectivity index (χ3v) is 6.25. The summed E-state index contributed by atoms with van der Waals surface area (Å²) in [5.74, 6) is 1.55. The maximum atomic E-state index is 13.3. The van der Waals surface area contributed by atoms with Gasteiger partial charge in [-0.2, -0.15) is 4.98 Å². The highest BCUT2D eigenvalue weighted by Crippen LogP contribution is 2.31. The Kier molecular flexibility index (Phi) is 5.76. The summed E-state index contributed by atoms with van der Waals surface area (Å²) < 4.78 is 15.4. The van der Waals surface area contributed by atoms with Crippen LogP contribution in [0.5, 0.6) is 0 Å². The average molecular weight is 451 g/mol. The van der Waals surface area contributed by atoms with E-state index in [1.807, 2.05) is 31.2 Å². The molecule has 2 aromatic heterocycles. The summed E-state index contributed by atoms with van der Waals surface area (Å²) in [6.45, 7) is 4.79. The van der Waals surface area contributed by atoms with Crippen molar-refractivity contribution in [1.82, 2.24) is 24.8 Å². The monoisotopic (exact) mass is 450 g/mol. The van der Waals surface area contributed by atoms with Crippen LogP contribution in [-0.2, 0) is 6.54 Å². The lowest BCUT2D eigenvalue weighted by atomic mass is 10.1. The molecule has 0 aliphatic carbocycles. The Labute approximate surface area is 190 Å². The molecule has 2 N–H and O–H groups in total. The van der Waals surface area contributed by atoms with Gasteiger partial charge in [-0.25, -0.2) is 14.4 Å². The van der Waals surface area contributed by atoms with Crippen LogP contribution in [0, 0.1) is 11.7 Å². The summed E-state index contributed by atoms with van der Waals surface area (Å²) in [4.78, 5) is 14.1. The lowest BCUT2D eigenvalue weighted by Crippen LogP contribution is -2.16. The van der Waals surface area contributed by atoms with Crippen molar-refractivity contribution >= 4 is 28.7 Å². The highest BCUT2D eigenvalue weighted by Gasteiger charge is 2.22. The molecule has 2 atom stereocenters. The molecule has 4 aromatic rings. The van der Waals surface area contributed by atoms with Crippen molar-refractivity contribution in [3.05, 3.63) is 71.1 Å². The van der Waals surface area contributed by atoms with E-state index in [1.54, 1.807) is 18.3 Å². The fourth-order valence-corrected chi connectivity index (χ4v) is 4.39. The number of anilines is 1. The number of hydrogen-bond acceptors (Lipinski definition) is 5. The van der Waals surface area contributed by atoms with Crippen LogP contribution in [-0.4, -0.2) is 32.6 Å². The predicted molar refractivity (Wildman–Crippen MR) is 125 cm³/mol. The highest BCUT2D eigenvalue weighted by molar-refractivity contribution is 6.33. The van der Waals surface area contributed by atoms with Gasteiger partial charge in [0, 0.05) is 12.1 Å². The normalized spacial score (nSPS) is 17.0. The van der Waals surface area contributed by atoms with E-state index >= 15 is 0 Å². The van der Waals surface area contributed by atoms with Crippen molar-refractivity contribution in [2.45, 2.75) is 25.9 Å². The minimum absolute atomic E-state index is 0.0773. The maximum Gasteiger partial charge on any atom is 0.225 e. The fraction of sp³-hybridized carbons (Fsp3) is 0.292. The number of hydrogen-bond donors (Lipinski definition) is 2. The molecule has 3 heterocycles. The zero-order valence-electron chi connectivity index (χ0n) is 17.7. The molecule has 2 aromatic carbocycles. The standard InChI is InChI=1S/C24H24ClFN6/c1-15(17-6-8-18(26)9-7-17)29-24-28-13-21-23(31-24)32(14-16-10-11-27-12-16)22(30-21)19-4-2-3-5-20(19)25/h2-9,13,15-16,27H,10-12,14H2,1H3,(H,28,29,31). The molecule has 1 aliphatic heterocycles. The van der Waals surface area contributed by atoms with E-state index in [0.29, 0.717) is 16.9 Å². The van der Waals surface area contributed by atoms with Crippen LogP contribution in [0.15, 0.2) is 54.7 Å². The Morgan fingerprint density at radius 3 is 2.75 bits per heavy atom. The van der Waals surface area contributed by atoms with Crippen LogP contribution in [0.1, 0.15) is 24.9 Å². The molecule has 0 saturated carbocycles. The van der Waals surface area contributed by atoms with Gasteiger partial charge in [0.2, 0.25) is 5.95 Å². The molecular formula is C24H24ClFN6. The van der Waals surface area contributed by atoms with E-state index in [2.05, 4.69) is 20.2 Å². The lowest BCUT2D eigenvalue weighted by Gasteiger charge is -2.16. The number of aromatic nitrogens is 4. The van der Waals surface area contributed by atoms with Crippen LogP contribution >= 0.6 is 11.6 Å². The first-order valence-electron chi connectivity index (χ1n) is 10.8. The Hall–Kier alpha value is -3.03. The summed E-state index contributed by atoms with van der Waals surface area (Å²) >= 11 is 6.51. The van der Waals surface area contributed by atoms with Gasteiger partial charge < -0.3 is 15.2 Å². The van der Waals surface area contributed by atoms with E-state index in [-0.39, 0.29) is 11.9 Å². The lowest BCUT2D eigenvalue weighted by molar-refractivity contribution is 0.490. The first-order chi connectivity index (χ1) is 15.6. The summed E-state index contributed by atoms with van der Waals surface area (Å²) in [5, 5.41) is 7.42. The van der Waals surface area contributed by atoms with Crippen molar-refractivity contribution in [1.29, 1.82) is 0 Å². The number of nitrogens with one attached hydrogen (secondary N) is 2. The van der Waals surface area contributed by atoms with Gasteiger partial charge in [0.05, 0.1) is 17.3 Å². The largest absolute Gasteiger partial charge is 0.348 e. The van der Waals surface area contributed by atoms with Gasteiger partial charge in [0.15, 0.2) is 5.65 Å². The van der Waals surface area contributed by atoms with Gasteiger partial charge in [0.1, 0.15) is 17.2 Å². The molecule has 0 radical (unpaired) electrons. The van der Waals surface area contributed by atoms with Crippen LogP contribution < -0.4 is 10.6 Å². The minimum atomic E-state index is -0.254. The quantitative estimate of drug-likeness (QED) is 0.429. The molecule has 1 aliphatic rings. The Bertz CT molecular complexity index is 1230. The third kappa shape index (κ3) is 4.18. The van der Waals surface area contributed by atoms with Crippen LogP contribution in [0.4, 0.5) is 10.3 Å². The van der Waals surface area contributed by atoms with Crippen LogP contribution in [0.25, 0.3) is 22.6 Å². The first-order valence-corrected chi connectivity index (χ1v) is 11.2. The number of fused-ring (bicyclic) bond motifs is 1. The van der Waals surface area contributed by atoms with Gasteiger partial charge in [-0.1, -0.05) is 35.9 Å². The van der Waals surface area contributed by atoms with Gasteiger partial charge in [-0.15, -0.1) is 0 Å². The summed E-state index contributed by atoms with van der Waals surface area (Å²) in [5.41, 5.74) is 3.34. The van der Waals surface area contributed by atoms with E-state index in [1.165, 1.54) is 12.1 Å². The van der Waals surface area contributed by atoms with E-state index in [9.17, 15) is 4.39 Å². The number of benzene rings is 2. The predicted octanol–water partition coefficient (Wildman–Crippen LogP) is 5.07. The second-order valence-electron chi connectivity index (χ2n) is 8.20. The molecule has 1 fully saturated rings. The van der Waals surface area contributed by atoms with Crippen LogP contribution in [0.3, 0.4) is 0 Å². The van der Waals surface area contributed by atoms with Crippen molar-refractivity contribution in [2.24, 2.45) is 5.92 Å². The second kappa shape index (κ2) is 8.84. The highest BCUT2D eigenvalue weighted by atomic mass is 35.5. The van der Waals surface area contributed by atoms with Gasteiger partial charge in [-0.3, -0.25) is 0 Å². The van der Waals surface area contributed by atoms with Gasteiger partial charge >= 0.3 is 0 Å². The first kappa shape index (κ1) is 20.8. The van der Waals surface area contributed by atoms with Crippen molar-refractivity contribution in [3.63, 3.8) is 0 Å². The van der Waals surface area contributed by atoms with Crippen molar-refractivity contribution in [2.75, 3.05) is 18.4 Å². The molecule has 5 rings (SSSR count). The molecule has 2 unspecified atom stereocenters. The second-order valence-corrected chi connectivity index (χ2v) is 8.61. The average Bonchev–Trinajstić information content (AvgIpc) is 3.43. The molecule has 0 bridgehead atoms. The molecule has 0 amide bonds. The summed E-state index contributed by atoms with van der Waals surface area (Å²) in [6, 6.07) is 14.1. The number of halogens is 2. The minimum Gasteiger partial charge on any atom is -0.348 e. The summed E-state index contributed by atoms with van der Waals surface area (Å²) in [7, 11) is 0. The molecular weight excluding hydrogens is 427 g/mol. The van der Waals surface area contributed by atoms with Gasteiger partial charge in [-0.05, 0) is 62.2 Å². The SMILES string of the molecule is CC(Nc1ncc2nc(-c3ccccc3Cl)n(CC3CCNC3)c2n1)c1ccc(F)cc1.